The molecule has 33 heavy (non-hydrogen) atoms. The van der Waals surface area contributed by atoms with Gasteiger partial charge in [0, 0.05) is 29.3 Å². The van der Waals surface area contributed by atoms with Gasteiger partial charge in [0.15, 0.2) is 0 Å². The second kappa shape index (κ2) is 11.7. The zero-order chi connectivity index (χ0) is 24.7. The maximum atomic E-state index is 12.6. The van der Waals surface area contributed by atoms with Crippen LogP contribution in [0.3, 0.4) is 0 Å². The van der Waals surface area contributed by atoms with Gasteiger partial charge in [-0.1, -0.05) is 18.2 Å². The number of hydrogen-bond acceptors (Lipinski definition) is 7. The number of fused-ring (bicyclic) bond motifs is 1. The third-order valence-electron chi connectivity index (χ3n) is 5.06. The number of carboxylic acid groups (broad SMARTS) is 1. The van der Waals surface area contributed by atoms with Gasteiger partial charge in [-0.3, -0.25) is 14.4 Å². The third kappa shape index (κ3) is 6.94. The van der Waals surface area contributed by atoms with E-state index in [0.717, 1.165) is 10.9 Å². The molecule has 180 valence electrons. The number of aromatic nitrogens is 1. The topological polar surface area (TPSA) is 187 Å². The molecule has 3 amide bonds. The maximum absolute atomic E-state index is 12.6. The zero-order valence-electron chi connectivity index (χ0n) is 18.2. The van der Waals surface area contributed by atoms with E-state index in [-0.39, 0.29) is 12.2 Å². The molecule has 0 aliphatic carbocycles. The van der Waals surface area contributed by atoms with Gasteiger partial charge in [-0.15, -0.1) is 0 Å². The van der Waals surface area contributed by atoms with Crippen LogP contribution in [-0.2, 0) is 25.6 Å². The Balaban J connectivity index is 2.03. The molecule has 8 N–H and O–H groups in total. The lowest BCUT2D eigenvalue weighted by Crippen LogP contribution is -2.59. The molecular formula is C21H29N5O6S. The Hall–Kier alpha value is -3.09. The summed E-state index contributed by atoms with van der Waals surface area (Å²) in [7, 11) is 0. The Morgan fingerprint density at radius 3 is 2.33 bits per heavy atom. The van der Waals surface area contributed by atoms with Crippen molar-refractivity contribution in [2.75, 3.05) is 5.75 Å². The fraction of sp³-hybridized carbons (Fsp3) is 0.429. The Morgan fingerprint density at radius 1 is 1.06 bits per heavy atom. The number of thiol groups is 1. The minimum Gasteiger partial charge on any atom is -0.480 e. The highest BCUT2D eigenvalue weighted by molar-refractivity contribution is 7.80. The number of aromatic amines is 1. The molecule has 1 aromatic heterocycles. The average Bonchev–Trinajstić information content (AvgIpc) is 3.18. The third-order valence-corrected chi connectivity index (χ3v) is 5.46. The monoisotopic (exact) mass is 479 g/mol. The van der Waals surface area contributed by atoms with Crippen LogP contribution < -0.4 is 21.7 Å². The van der Waals surface area contributed by atoms with Gasteiger partial charge >= 0.3 is 5.97 Å². The maximum Gasteiger partial charge on any atom is 0.326 e. The number of para-hydroxylation sites is 1. The summed E-state index contributed by atoms with van der Waals surface area (Å²) >= 11 is 3.91. The van der Waals surface area contributed by atoms with E-state index < -0.39 is 54.0 Å². The van der Waals surface area contributed by atoms with Crippen molar-refractivity contribution < 1.29 is 29.4 Å². The second-order valence-electron chi connectivity index (χ2n) is 7.71. The summed E-state index contributed by atoms with van der Waals surface area (Å²) < 4.78 is 0. The van der Waals surface area contributed by atoms with Crippen LogP contribution in [-0.4, -0.2) is 74.9 Å². The van der Waals surface area contributed by atoms with Gasteiger partial charge in [0.05, 0.1) is 12.1 Å². The van der Waals surface area contributed by atoms with Crippen molar-refractivity contribution in [3.05, 3.63) is 36.0 Å². The first-order valence-corrected chi connectivity index (χ1v) is 10.9. The van der Waals surface area contributed by atoms with Crippen molar-refractivity contribution >= 4 is 47.2 Å². The van der Waals surface area contributed by atoms with E-state index in [2.05, 4.69) is 33.6 Å². The summed E-state index contributed by atoms with van der Waals surface area (Å²) in [6.07, 6.45) is 0.438. The molecule has 0 saturated heterocycles. The first kappa shape index (κ1) is 26.2. The number of H-pyrrole nitrogens is 1. The number of aliphatic carboxylic acids is 1. The van der Waals surface area contributed by atoms with Crippen LogP contribution in [0.4, 0.5) is 0 Å². The molecule has 0 fully saturated rings. The number of nitrogens with two attached hydrogens (primary N) is 1. The van der Waals surface area contributed by atoms with Gasteiger partial charge in [-0.05, 0) is 25.5 Å². The van der Waals surface area contributed by atoms with Crippen LogP contribution in [0.5, 0.6) is 0 Å². The summed E-state index contributed by atoms with van der Waals surface area (Å²) in [5.41, 5.74) is 7.12. The molecule has 0 bridgehead atoms. The molecule has 5 unspecified atom stereocenters. The Bertz CT molecular complexity index is 1010. The fourth-order valence-corrected chi connectivity index (χ4v) is 3.30. The number of amides is 3. The van der Waals surface area contributed by atoms with E-state index in [4.69, 9.17) is 5.73 Å². The summed E-state index contributed by atoms with van der Waals surface area (Å²) in [4.78, 5) is 51.8. The molecule has 0 spiro atoms. The van der Waals surface area contributed by atoms with Gasteiger partial charge in [0.1, 0.15) is 18.1 Å². The highest BCUT2D eigenvalue weighted by Gasteiger charge is 2.30. The number of aliphatic hydroxyl groups is 1. The molecule has 12 heteroatoms. The number of aliphatic hydroxyl groups excluding tert-OH is 1. The molecule has 0 aliphatic rings. The molecule has 0 saturated carbocycles. The number of rotatable bonds is 11. The molecule has 0 aliphatic heterocycles. The molecule has 5 atom stereocenters. The van der Waals surface area contributed by atoms with Gasteiger partial charge in [-0.25, -0.2) is 4.79 Å². The number of nitrogens with one attached hydrogen (secondary N) is 4. The SMILES string of the molecule is CC(NC(=O)C(NC(=O)C(N)CS)C(C)O)C(=O)NC(Cc1c[nH]c2ccccc12)C(=O)O. The standard InChI is InChI=1S/C21H29N5O6S/c1-10(24-20(30)17(11(2)27)26-19(29)14(22)9-33)18(28)25-16(21(31)32)7-12-8-23-15-6-4-3-5-13(12)15/h3-6,8,10-11,14,16-17,23,27,33H,7,9,22H2,1-2H3,(H,24,30)(H,25,28)(H,26,29)(H,31,32). The van der Waals surface area contributed by atoms with Crippen molar-refractivity contribution in [1.82, 2.24) is 20.9 Å². The van der Waals surface area contributed by atoms with Crippen LogP contribution >= 0.6 is 12.6 Å². The van der Waals surface area contributed by atoms with E-state index in [1.54, 1.807) is 6.20 Å². The number of carboxylic acids is 1. The minimum atomic E-state index is -1.36. The quantitative estimate of drug-likeness (QED) is 0.188. The second-order valence-corrected chi connectivity index (χ2v) is 8.07. The Morgan fingerprint density at radius 2 is 1.73 bits per heavy atom. The first-order valence-electron chi connectivity index (χ1n) is 10.3. The number of carbonyl (C=O) groups is 4. The van der Waals surface area contributed by atoms with Gasteiger partial charge in [0.2, 0.25) is 17.7 Å². The van der Waals surface area contributed by atoms with Crippen LogP contribution in [0.1, 0.15) is 19.4 Å². The highest BCUT2D eigenvalue weighted by atomic mass is 32.1. The van der Waals surface area contributed by atoms with E-state index in [9.17, 15) is 29.4 Å². The van der Waals surface area contributed by atoms with Crippen molar-refractivity contribution in [2.24, 2.45) is 5.73 Å². The van der Waals surface area contributed by atoms with Crippen LogP contribution in [0.15, 0.2) is 30.5 Å². The predicted molar refractivity (Wildman–Crippen MR) is 125 cm³/mol. The average molecular weight is 480 g/mol. The Kier molecular flexibility index (Phi) is 9.26. The summed E-state index contributed by atoms with van der Waals surface area (Å²) in [5, 5.41) is 27.4. The highest BCUT2D eigenvalue weighted by Crippen LogP contribution is 2.19. The van der Waals surface area contributed by atoms with E-state index >= 15 is 0 Å². The lowest BCUT2D eigenvalue weighted by atomic mass is 10.0. The fourth-order valence-electron chi connectivity index (χ4n) is 3.13. The minimum absolute atomic E-state index is 0.0275. The number of carbonyl (C=O) groups excluding carboxylic acids is 3. The van der Waals surface area contributed by atoms with Crippen molar-refractivity contribution in [3.63, 3.8) is 0 Å². The lowest BCUT2D eigenvalue weighted by Gasteiger charge is -2.24. The largest absolute Gasteiger partial charge is 0.480 e. The van der Waals surface area contributed by atoms with E-state index in [1.165, 1.54) is 13.8 Å². The molecule has 0 radical (unpaired) electrons. The van der Waals surface area contributed by atoms with Gasteiger partial charge in [-0.2, -0.15) is 12.6 Å². The van der Waals surface area contributed by atoms with Crippen molar-refractivity contribution in [3.8, 4) is 0 Å². The van der Waals surface area contributed by atoms with Crippen molar-refractivity contribution in [2.45, 2.75) is 50.5 Å². The Labute approximate surface area is 195 Å². The molecule has 1 heterocycles. The molecule has 2 aromatic rings. The van der Waals surface area contributed by atoms with Crippen LogP contribution in [0.25, 0.3) is 10.9 Å². The van der Waals surface area contributed by atoms with Gasteiger partial charge in [0.25, 0.3) is 0 Å². The van der Waals surface area contributed by atoms with Crippen LogP contribution in [0.2, 0.25) is 0 Å². The normalized spacial score (nSPS) is 15.7. The number of hydrogen-bond donors (Lipinski definition) is 8. The predicted octanol–water partition coefficient (Wildman–Crippen LogP) is -1.09. The smallest absolute Gasteiger partial charge is 0.326 e. The zero-order valence-corrected chi connectivity index (χ0v) is 19.1. The molecule has 2 rings (SSSR count). The van der Waals surface area contributed by atoms with E-state index in [0.29, 0.717) is 5.56 Å². The molecule has 1 aromatic carbocycles. The van der Waals surface area contributed by atoms with Gasteiger partial charge < -0.3 is 36.9 Å². The summed E-state index contributed by atoms with van der Waals surface area (Å²) in [6.45, 7) is 2.65. The first-order chi connectivity index (χ1) is 15.5. The summed E-state index contributed by atoms with van der Waals surface area (Å²) in [5.74, 6) is -3.45. The van der Waals surface area contributed by atoms with E-state index in [1.807, 2.05) is 24.3 Å². The molecular weight excluding hydrogens is 450 g/mol. The summed E-state index contributed by atoms with van der Waals surface area (Å²) in [6, 6.07) is 2.64. The lowest BCUT2D eigenvalue weighted by molar-refractivity contribution is -0.142. The van der Waals surface area contributed by atoms with Crippen LogP contribution in [0, 0.1) is 0 Å². The number of benzene rings is 1. The molecule has 11 nitrogen and oxygen atoms in total. The van der Waals surface area contributed by atoms with Crippen molar-refractivity contribution in [1.29, 1.82) is 0 Å².